The number of carbonyl (C=O) groups is 2. The number of urea groups is 1. The van der Waals surface area contributed by atoms with E-state index in [1.165, 1.54) is 0 Å². The zero-order valence-electron chi connectivity index (χ0n) is 16.4. The number of anilines is 1. The van der Waals surface area contributed by atoms with E-state index in [2.05, 4.69) is 15.5 Å². The smallest absolute Gasteiger partial charge is 0.317 e. The van der Waals surface area contributed by atoms with Gasteiger partial charge in [-0.1, -0.05) is 35.9 Å². The summed E-state index contributed by atoms with van der Waals surface area (Å²) in [6.45, 7) is 2.88. The highest BCUT2D eigenvalue weighted by molar-refractivity contribution is 6.30. The Kier molecular flexibility index (Phi) is 7.19. The van der Waals surface area contributed by atoms with Crippen molar-refractivity contribution in [3.63, 3.8) is 0 Å². The molecule has 3 amide bonds. The monoisotopic (exact) mass is 416 g/mol. The number of ether oxygens (including phenoxy) is 1. The van der Waals surface area contributed by atoms with Gasteiger partial charge in [-0.3, -0.25) is 4.79 Å². The molecule has 29 heavy (non-hydrogen) atoms. The van der Waals surface area contributed by atoms with Gasteiger partial charge in [-0.25, -0.2) is 4.79 Å². The number of carbonyl (C=O) groups excluding carboxylic acids is 2. The van der Waals surface area contributed by atoms with Crippen LogP contribution in [-0.2, 0) is 11.3 Å². The number of nitrogens with zero attached hydrogens (tertiary/aromatic N) is 2. The molecule has 7 nitrogen and oxygen atoms in total. The summed E-state index contributed by atoms with van der Waals surface area (Å²) >= 11 is 6.05. The second kappa shape index (κ2) is 10.0. The molecule has 0 atom stereocenters. The van der Waals surface area contributed by atoms with Gasteiger partial charge in [0.2, 0.25) is 5.91 Å². The minimum atomic E-state index is -0.248. The first-order valence-electron chi connectivity index (χ1n) is 9.48. The maximum Gasteiger partial charge on any atom is 0.317 e. The van der Waals surface area contributed by atoms with E-state index < -0.39 is 0 Å². The van der Waals surface area contributed by atoms with E-state index in [4.69, 9.17) is 16.3 Å². The minimum Gasteiger partial charge on any atom is -0.496 e. The molecule has 0 radical (unpaired) electrons. The summed E-state index contributed by atoms with van der Waals surface area (Å²) in [5.74, 6) is 0.469. The maximum atomic E-state index is 12.3. The van der Waals surface area contributed by atoms with Gasteiger partial charge in [0.05, 0.1) is 13.7 Å². The number of hydrogen-bond donors (Lipinski definition) is 2. The number of methoxy groups -OCH3 is 1. The van der Waals surface area contributed by atoms with Crippen LogP contribution in [0.15, 0.2) is 48.5 Å². The Morgan fingerprint density at radius 2 is 1.79 bits per heavy atom. The van der Waals surface area contributed by atoms with Gasteiger partial charge in [0.25, 0.3) is 0 Å². The summed E-state index contributed by atoms with van der Waals surface area (Å²) in [5.41, 5.74) is 1.93. The zero-order chi connectivity index (χ0) is 20.6. The number of benzene rings is 2. The van der Waals surface area contributed by atoms with Gasteiger partial charge in [0, 0.05) is 49.0 Å². The molecular formula is C21H25ClN4O3. The molecule has 0 aromatic heterocycles. The third kappa shape index (κ3) is 5.77. The van der Waals surface area contributed by atoms with Gasteiger partial charge >= 0.3 is 6.03 Å². The van der Waals surface area contributed by atoms with Crippen molar-refractivity contribution < 1.29 is 14.3 Å². The second-order valence-electron chi connectivity index (χ2n) is 6.70. The summed E-state index contributed by atoms with van der Waals surface area (Å²) in [6.07, 6.45) is 0. The van der Waals surface area contributed by atoms with Crippen LogP contribution in [0.3, 0.4) is 0 Å². The molecule has 154 valence electrons. The van der Waals surface area contributed by atoms with Crippen molar-refractivity contribution in [3.05, 3.63) is 59.1 Å². The van der Waals surface area contributed by atoms with Crippen molar-refractivity contribution in [2.24, 2.45) is 0 Å². The number of nitrogens with one attached hydrogen (secondary N) is 2. The van der Waals surface area contributed by atoms with Crippen molar-refractivity contribution in [2.75, 3.05) is 44.7 Å². The highest BCUT2D eigenvalue weighted by Crippen LogP contribution is 2.20. The molecular weight excluding hydrogens is 392 g/mol. The Morgan fingerprint density at radius 3 is 2.52 bits per heavy atom. The first kappa shape index (κ1) is 20.8. The summed E-state index contributed by atoms with van der Waals surface area (Å²) in [6, 6.07) is 14.9. The second-order valence-corrected chi connectivity index (χ2v) is 7.14. The SMILES string of the molecule is COc1ccccc1CNC(=O)CNC(=O)N1CCN(c2cccc(Cl)c2)CC1. The maximum absolute atomic E-state index is 12.3. The summed E-state index contributed by atoms with van der Waals surface area (Å²) in [5, 5.41) is 6.17. The Bertz CT molecular complexity index is 853. The molecule has 2 aromatic rings. The standard InChI is InChI=1S/C21H25ClN4O3/c1-29-19-8-3-2-5-16(19)14-23-20(27)15-24-21(28)26-11-9-25(10-12-26)18-7-4-6-17(22)13-18/h2-8,13H,9-12,14-15H2,1H3,(H,23,27)(H,24,28). The van der Waals surface area contributed by atoms with Crippen LogP contribution in [0.1, 0.15) is 5.56 Å². The third-order valence-corrected chi connectivity index (χ3v) is 5.04. The molecule has 0 bridgehead atoms. The number of hydrogen-bond acceptors (Lipinski definition) is 4. The topological polar surface area (TPSA) is 73.9 Å². The van der Waals surface area contributed by atoms with E-state index in [0.717, 1.165) is 17.0 Å². The molecule has 8 heteroatoms. The minimum absolute atomic E-state index is 0.0670. The molecule has 2 N–H and O–H groups in total. The third-order valence-electron chi connectivity index (χ3n) is 4.81. The van der Waals surface area contributed by atoms with Gasteiger partial charge in [-0.15, -0.1) is 0 Å². The number of para-hydroxylation sites is 1. The van der Waals surface area contributed by atoms with Crippen molar-refractivity contribution in [2.45, 2.75) is 6.54 Å². The molecule has 1 aliphatic rings. The predicted molar refractivity (Wildman–Crippen MR) is 113 cm³/mol. The summed E-state index contributed by atoms with van der Waals surface area (Å²) < 4.78 is 5.26. The molecule has 1 aliphatic heterocycles. The van der Waals surface area contributed by atoms with Gasteiger partial charge < -0.3 is 25.2 Å². The van der Waals surface area contributed by atoms with Crippen LogP contribution >= 0.6 is 11.6 Å². The summed E-state index contributed by atoms with van der Waals surface area (Å²) in [7, 11) is 1.59. The van der Waals surface area contributed by atoms with Crippen LogP contribution in [-0.4, -0.2) is 56.7 Å². The highest BCUT2D eigenvalue weighted by Gasteiger charge is 2.21. The number of rotatable bonds is 6. The molecule has 0 spiro atoms. The van der Waals surface area contributed by atoms with Gasteiger partial charge in [0.15, 0.2) is 0 Å². The van der Waals surface area contributed by atoms with Crippen LogP contribution in [0.4, 0.5) is 10.5 Å². The molecule has 1 fully saturated rings. The fourth-order valence-corrected chi connectivity index (χ4v) is 3.40. The lowest BCUT2D eigenvalue weighted by atomic mass is 10.2. The lowest BCUT2D eigenvalue weighted by molar-refractivity contribution is -0.120. The Labute approximate surface area is 175 Å². The normalized spacial score (nSPS) is 13.7. The number of amides is 3. The van der Waals surface area contributed by atoms with Crippen LogP contribution in [0.2, 0.25) is 5.02 Å². The van der Waals surface area contributed by atoms with Crippen LogP contribution in [0.25, 0.3) is 0 Å². The quantitative estimate of drug-likeness (QED) is 0.758. The lowest BCUT2D eigenvalue weighted by Gasteiger charge is -2.36. The number of piperazine rings is 1. The van der Waals surface area contributed by atoms with Crippen molar-refractivity contribution in [1.82, 2.24) is 15.5 Å². The number of halogens is 1. The van der Waals surface area contributed by atoms with E-state index >= 15 is 0 Å². The first-order chi connectivity index (χ1) is 14.1. The van der Waals surface area contributed by atoms with E-state index in [0.29, 0.717) is 37.7 Å². The summed E-state index contributed by atoms with van der Waals surface area (Å²) in [4.78, 5) is 28.3. The molecule has 0 unspecified atom stereocenters. The van der Waals surface area contributed by atoms with E-state index in [1.807, 2.05) is 48.5 Å². The molecule has 3 rings (SSSR count). The van der Waals surface area contributed by atoms with E-state index in [-0.39, 0.29) is 18.5 Å². The fourth-order valence-electron chi connectivity index (χ4n) is 3.21. The van der Waals surface area contributed by atoms with Crippen LogP contribution in [0.5, 0.6) is 5.75 Å². The Balaban J connectivity index is 1.40. The van der Waals surface area contributed by atoms with Gasteiger partial charge in [-0.2, -0.15) is 0 Å². The molecule has 1 heterocycles. The van der Waals surface area contributed by atoms with Crippen molar-refractivity contribution in [1.29, 1.82) is 0 Å². The highest BCUT2D eigenvalue weighted by atomic mass is 35.5. The van der Waals surface area contributed by atoms with E-state index in [1.54, 1.807) is 12.0 Å². The van der Waals surface area contributed by atoms with Crippen molar-refractivity contribution in [3.8, 4) is 5.75 Å². The molecule has 2 aromatic carbocycles. The van der Waals surface area contributed by atoms with Crippen molar-refractivity contribution >= 4 is 29.2 Å². The van der Waals surface area contributed by atoms with E-state index in [9.17, 15) is 9.59 Å². The Hall–Kier alpha value is -2.93. The molecule has 0 aliphatic carbocycles. The largest absolute Gasteiger partial charge is 0.496 e. The average Bonchev–Trinajstić information content (AvgIpc) is 2.76. The van der Waals surface area contributed by atoms with Crippen LogP contribution < -0.4 is 20.3 Å². The fraction of sp³-hybridized carbons (Fsp3) is 0.333. The van der Waals surface area contributed by atoms with Gasteiger partial charge in [0.1, 0.15) is 5.75 Å². The Morgan fingerprint density at radius 1 is 1.03 bits per heavy atom. The lowest BCUT2D eigenvalue weighted by Crippen LogP contribution is -2.53. The molecule has 1 saturated heterocycles. The van der Waals surface area contributed by atoms with Gasteiger partial charge in [-0.05, 0) is 24.3 Å². The zero-order valence-corrected chi connectivity index (χ0v) is 17.1. The average molecular weight is 417 g/mol. The predicted octanol–water partition coefficient (Wildman–Crippen LogP) is 2.50. The van der Waals surface area contributed by atoms with Crippen LogP contribution in [0, 0.1) is 0 Å². The first-order valence-corrected chi connectivity index (χ1v) is 9.86. The molecule has 0 saturated carbocycles.